The molecule has 0 atom stereocenters. The summed E-state index contributed by atoms with van der Waals surface area (Å²) in [4.78, 5) is 18.1. The fourth-order valence-corrected chi connectivity index (χ4v) is 3.33. The van der Waals surface area contributed by atoms with Crippen molar-refractivity contribution < 1.29 is 4.92 Å². The van der Waals surface area contributed by atoms with Crippen LogP contribution in [0.2, 0.25) is 5.28 Å². The second-order valence-corrected chi connectivity index (χ2v) is 5.93. The Morgan fingerprint density at radius 1 is 1.33 bits per heavy atom. The Morgan fingerprint density at radius 2 is 2.06 bits per heavy atom. The summed E-state index contributed by atoms with van der Waals surface area (Å²) in [5.41, 5.74) is 0.0704. The van der Waals surface area contributed by atoms with Crippen molar-refractivity contribution in [2.24, 2.45) is 0 Å². The first-order chi connectivity index (χ1) is 8.47. The third-order valence-corrected chi connectivity index (χ3v) is 3.91. The summed E-state index contributed by atoms with van der Waals surface area (Å²) in [6, 6.07) is 0. The van der Waals surface area contributed by atoms with Crippen LogP contribution in [0.1, 0.15) is 10.7 Å². The number of nitro groups is 1. The summed E-state index contributed by atoms with van der Waals surface area (Å²) < 4.78 is 0.574. The fraction of sp³-hybridized carbons (Fsp3) is 0.250. The normalized spacial score (nSPS) is 10.6. The Balaban J connectivity index is 2.45. The van der Waals surface area contributed by atoms with Crippen LogP contribution in [-0.4, -0.2) is 25.1 Å². The summed E-state index contributed by atoms with van der Waals surface area (Å²) in [5.74, 6) is 0. The Morgan fingerprint density at radius 3 is 2.61 bits per heavy atom. The molecule has 0 spiro atoms. The van der Waals surface area contributed by atoms with Gasteiger partial charge in [0.25, 0.3) is 0 Å². The van der Waals surface area contributed by atoms with E-state index in [1.807, 2.05) is 0 Å². The summed E-state index contributed by atoms with van der Waals surface area (Å²) >= 11 is 8.10. The van der Waals surface area contributed by atoms with E-state index in [1.165, 1.54) is 18.3 Å². The van der Waals surface area contributed by atoms with Gasteiger partial charge in [0, 0.05) is 0 Å². The van der Waals surface area contributed by atoms with Gasteiger partial charge in [0.1, 0.15) is 10.7 Å². The molecule has 0 aliphatic carbocycles. The van der Waals surface area contributed by atoms with Gasteiger partial charge in [0.05, 0.1) is 4.92 Å². The van der Waals surface area contributed by atoms with Gasteiger partial charge in [-0.2, -0.15) is 0 Å². The predicted molar refractivity (Wildman–Crippen MR) is 67.2 cm³/mol. The molecule has 0 amide bonds. The van der Waals surface area contributed by atoms with Gasteiger partial charge in [-0.25, -0.2) is 9.97 Å². The monoisotopic (exact) mass is 303 g/mol. The summed E-state index contributed by atoms with van der Waals surface area (Å²) in [6.07, 6.45) is 0. The Hall–Kier alpha value is -1.32. The lowest BCUT2D eigenvalue weighted by Gasteiger charge is -2.02. The van der Waals surface area contributed by atoms with E-state index in [0.717, 1.165) is 16.8 Å². The Labute approximate surface area is 115 Å². The molecule has 0 fully saturated rings. The zero-order chi connectivity index (χ0) is 13.3. The minimum atomic E-state index is -0.526. The molecule has 94 valence electrons. The van der Waals surface area contributed by atoms with Gasteiger partial charge in [-0.3, -0.25) is 10.1 Å². The molecule has 0 aromatic carbocycles. The number of rotatable bonds is 3. The maximum absolute atomic E-state index is 11.0. The lowest BCUT2D eigenvalue weighted by molar-refractivity contribution is -0.389. The maximum atomic E-state index is 11.0. The van der Waals surface area contributed by atoms with E-state index in [4.69, 9.17) is 11.6 Å². The molecule has 0 unspecified atom stereocenters. The van der Waals surface area contributed by atoms with Gasteiger partial charge in [0.15, 0.2) is 9.37 Å². The molecule has 0 aliphatic rings. The molecule has 0 aliphatic heterocycles. The minimum Gasteiger partial charge on any atom is -0.258 e. The van der Waals surface area contributed by atoms with Crippen molar-refractivity contribution >= 4 is 40.4 Å². The highest BCUT2D eigenvalue weighted by Crippen LogP contribution is 2.36. The summed E-state index contributed by atoms with van der Waals surface area (Å²) in [6.45, 7) is 3.31. The molecule has 0 saturated carbocycles. The highest BCUT2D eigenvalue weighted by Gasteiger charge is 2.23. The number of hydrogen-bond donors (Lipinski definition) is 0. The number of nitrogens with zero attached hydrogens (tertiary/aromatic N) is 5. The molecule has 0 saturated heterocycles. The first-order valence-corrected chi connectivity index (χ1v) is 6.65. The SMILES string of the molecule is Cc1nnc(Sc2nc(Cl)nc(C)c2[N+](=O)[O-])s1. The van der Waals surface area contributed by atoms with Crippen molar-refractivity contribution in [3.63, 3.8) is 0 Å². The third kappa shape index (κ3) is 2.74. The average Bonchev–Trinajstić information content (AvgIpc) is 2.62. The van der Waals surface area contributed by atoms with Crippen LogP contribution in [0, 0.1) is 24.0 Å². The van der Waals surface area contributed by atoms with E-state index < -0.39 is 4.92 Å². The number of aromatic nitrogens is 4. The van der Waals surface area contributed by atoms with Crippen molar-refractivity contribution in [3.05, 3.63) is 26.1 Å². The van der Waals surface area contributed by atoms with E-state index >= 15 is 0 Å². The summed E-state index contributed by atoms with van der Waals surface area (Å²) in [5, 5.41) is 19.6. The second-order valence-electron chi connectivity index (χ2n) is 3.18. The zero-order valence-electron chi connectivity index (χ0n) is 9.25. The average molecular weight is 304 g/mol. The lowest BCUT2D eigenvalue weighted by atomic mass is 10.4. The maximum Gasteiger partial charge on any atom is 0.322 e. The van der Waals surface area contributed by atoms with E-state index in [1.54, 1.807) is 6.92 Å². The topological polar surface area (TPSA) is 94.7 Å². The zero-order valence-corrected chi connectivity index (χ0v) is 11.6. The van der Waals surface area contributed by atoms with Crippen molar-refractivity contribution in [3.8, 4) is 0 Å². The third-order valence-electron chi connectivity index (χ3n) is 1.87. The van der Waals surface area contributed by atoms with E-state index in [9.17, 15) is 10.1 Å². The number of halogens is 1. The highest BCUT2D eigenvalue weighted by atomic mass is 35.5. The predicted octanol–water partition coefficient (Wildman–Crippen LogP) is 2.66. The van der Waals surface area contributed by atoms with E-state index in [2.05, 4.69) is 20.2 Å². The first-order valence-electron chi connectivity index (χ1n) is 4.64. The molecular formula is C8H6ClN5O2S2. The molecule has 2 aromatic rings. The fourth-order valence-electron chi connectivity index (χ4n) is 1.19. The standard InChI is InChI=1S/C8H6ClN5O2S2/c1-3-5(14(15)16)6(11-7(9)10-3)18-8-13-12-4(2)17-8/h1-2H3. The van der Waals surface area contributed by atoms with Gasteiger partial charge in [-0.1, -0.05) is 11.3 Å². The molecule has 0 radical (unpaired) electrons. The molecule has 2 aromatic heterocycles. The first kappa shape index (κ1) is 13.1. The number of aryl methyl sites for hydroxylation is 2. The van der Waals surface area contributed by atoms with Crippen LogP contribution >= 0.6 is 34.7 Å². The van der Waals surface area contributed by atoms with Crippen LogP contribution in [0.4, 0.5) is 5.69 Å². The molecular weight excluding hydrogens is 298 g/mol. The summed E-state index contributed by atoms with van der Waals surface area (Å²) in [7, 11) is 0. The van der Waals surface area contributed by atoms with Crippen molar-refractivity contribution in [2.75, 3.05) is 0 Å². The van der Waals surface area contributed by atoms with Gasteiger partial charge in [-0.15, -0.1) is 10.2 Å². The molecule has 7 nitrogen and oxygen atoms in total. The van der Waals surface area contributed by atoms with Gasteiger partial charge in [-0.05, 0) is 37.2 Å². The molecule has 0 bridgehead atoms. The smallest absolute Gasteiger partial charge is 0.258 e. The van der Waals surface area contributed by atoms with Crippen molar-refractivity contribution in [2.45, 2.75) is 23.2 Å². The molecule has 2 heterocycles. The molecule has 0 N–H and O–H groups in total. The largest absolute Gasteiger partial charge is 0.322 e. The van der Waals surface area contributed by atoms with Gasteiger partial charge >= 0.3 is 5.69 Å². The molecule has 2 rings (SSSR count). The lowest BCUT2D eigenvalue weighted by Crippen LogP contribution is -2.00. The second kappa shape index (κ2) is 5.12. The Bertz CT molecular complexity index is 618. The van der Waals surface area contributed by atoms with Crippen LogP contribution in [0.5, 0.6) is 0 Å². The highest BCUT2D eigenvalue weighted by molar-refractivity contribution is 8.01. The van der Waals surface area contributed by atoms with Crippen LogP contribution < -0.4 is 0 Å². The Kier molecular flexibility index (Phi) is 3.73. The van der Waals surface area contributed by atoms with Crippen LogP contribution in [0.3, 0.4) is 0 Å². The van der Waals surface area contributed by atoms with Crippen molar-refractivity contribution in [1.82, 2.24) is 20.2 Å². The molecule has 10 heteroatoms. The van der Waals surface area contributed by atoms with E-state index in [0.29, 0.717) is 4.34 Å². The van der Waals surface area contributed by atoms with Crippen molar-refractivity contribution in [1.29, 1.82) is 0 Å². The van der Waals surface area contributed by atoms with Crippen LogP contribution in [-0.2, 0) is 0 Å². The van der Waals surface area contributed by atoms with Gasteiger partial charge < -0.3 is 0 Å². The van der Waals surface area contributed by atoms with Crippen LogP contribution in [0.25, 0.3) is 0 Å². The van der Waals surface area contributed by atoms with E-state index in [-0.39, 0.29) is 21.7 Å². The van der Waals surface area contributed by atoms with Crippen LogP contribution in [0.15, 0.2) is 9.37 Å². The quantitative estimate of drug-likeness (QED) is 0.372. The van der Waals surface area contributed by atoms with Gasteiger partial charge in [0.2, 0.25) is 5.28 Å². The molecule has 18 heavy (non-hydrogen) atoms. The number of hydrogen-bond acceptors (Lipinski definition) is 8. The minimum absolute atomic E-state index is 0.0261.